The van der Waals surface area contributed by atoms with Gasteiger partial charge in [0.1, 0.15) is 0 Å². The van der Waals surface area contributed by atoms with E-state index in [1.165, 1.54) is 71.1 Å². The van der Waals surface area contributed by atoms with Gasteiger partial charge in [0.15, 0.2) is 0 Å². The number of hydrogen-bond acceptors (Lipinski definition) is 7. The summed E-state index contributed by atoms with van der Waals surface area (Å²) in [5.74, 6) is -0.0375. The summed E-state index contributed by atoms with van der Waals surface area (Å²) in [4.78, 5) is 13.5. The molecular weight excluding hydrogens is 458 g/mol. The average molecular weight is 518 g/mol. The molecule has 0 fully saturated rings. The molecule has 0 saturated heterocycles. The van der Waals surface area contributed by atoms with Gasteiger partial charge in [-0.2, -0.15) is 0 Å². The van der Waals surface area contributed by atoms with Crippen LogP contribution in [0.15, 0.2) is 0 Å². The molecule has 8 nitrogen and oxygen atoms in total. The first-order valence-electron chi connectivity index (χ1n) is 14.7. The SMILES string of the molecule is CCCCCCCCNCC(O)COCCN(CCOCC(O)CNCCCCCCCC)C(C)=O. The highest BCUT2D eigenvalue weighted by atomic mass is 16.5. The minimum atomic E-state index is -0.546. The van der Waals surface area contributed by atoms with E-state index in [1.807, 2.05) is 0 Å². The van der Waals surface area contributed by atoms with Crippen molar-refractivity contribution in [3.63, 3.8) is 0 Å². The van der Waals surface area contributed by atoms with Gasteiger partial charge in [0.2, 0.25) is 5.91 Å². The van der Waals surface area contributed by atoms with E-state index in [1.54, 1.807) is 4.90 Å². The second kappa shape index (κ2) is 27.3. The molecule has 0 aromatic heterocycles. The Hall–Kier alpha value is -0.770. The van der Waals surface area contributed by atoms with Crippen LogP contribution in [-0.2, 0) is 14.3 Å². The molecule has 2 atom stereocenters. The lowest BCUT2D eigenvalue weighted by atomic mass is 10.1. The first kappa shape index (κ1) is 35.2. The maximum Gasteiger partial charge on any atom is 0.219 e. The predicted octanol–water partition coefficient (Wildman–Crippen LogP) is 3.49. The molecule has 0 heterocycles. The number of nitrogens with one attached hydrogen (secondary N) is 2. The number of carbonyl (C=O) groups excluding carboxylic acids is 1. The van der Waals surface area contributed by atoms with Crippen LogP contribution in [0.1, 0.15) is 97.8 Å². The van der Waals surface area contributed by atoms with E-state index >= 15 is 0 Å². The molecule has 216 valence electrons. The van der Waals surface area contributed by atoms with E-state index in [4.69, 9.17) is 9.47 Å². The number of amides is 1. The van der Waals surface area contributed by atoms with Gasteiger partial charge in [0, 0.05) is 33.1 Å². The molecule has 0 radical (unpaired) electrons. The number of aliphatic hydroxyl groups is 2. The normalized spacial score (nSPS) is 13.1. The van der Waals surface area contributed by atoms with Crippen molar-refractivity contribution in [2.24, 2.45) is 0 Å². The second-order valence-electron chi connectivity index (χ2n) is 9.91. The standard InChI is InChI=1S/C28H59N3O5/c1-4-6-8-10-12-14-16-29-22-27(33)24-35-20-18-31(26(3)32)19-21-36-25-28(34)23-30-17-15-13-11-9-7-5-2/h27-30,33-34H,4-25H2,1-3H3. The lowest BCUT2D eigenvalue weighted by Gasteiger charge is -2.22. The zero-order valence-electron chi connectivity index (χ0n) is 23.8. The van der Waals surface area contributed by atoms with Crippen molar-refractivity contribution >= 4 is 5.91 Å². The summed E-state index contributed by atoms with van der Waals surface area (Å²) in [6.07, 6.45) is 14.0. The number of carbonyl (C=O) groups is 1. The molecule has 8 heteroatoms. The highest BCUT2D eigenvalue weighted by Gasteiger charge is 2.10. The van der Waals surface area contributed by atoms with Gasteiger partial charge < -0.3 is 35.2 Å². The molecule has 0 spiro atoms. The van der Waals surface area contributed by atoms with Crippen LogP contribution in [0.3, 0.4) is 0 Å². The molecule has 0 aromatic rings. The first-order chi connectivity index (χ1) is 17.5. The van der Waals surface area contributed by atoms with Crippen LogP contribution in [0, 0.1) is 0 Å². The van der Waals surface area contributed by atoms with Crippen LogP contribution in [0.2, 0.25) is 0 Å². The number of rotatable bonds is 28. The molecule has 0 aliphatic heterocycles. The molecule has 0 bridgehead atoms. The minimum Gasteiger partial charge on any atom is -0.389 e. The van der Waals surface area contributed by atoms with E-state index in [9.17, 15) is 15.0 Å². The highest BCUT2D eigenvalue weighted by Crippen LogP contribution is 2.05. The second-order valence-corrected chi connectivity index (χ2v) is 9.91. The van der Waals surface area contributed by atoms with Gasteiger partial charge in [-0.25, -0.2) is 0 Å². The third kappa shape index (κ3) is 24.9. The van der Waals surface area contributed by atoms with Gasteiger partial charge in [-0.1, -0.05) is 78.1 Å². The lowest BCUT2D eigenvalue weighted by Crippen LogP contribution is -2.37. The summed E-state index contributed by atoms with van der Waals surface area (Å²) < 4.78 is 11.1. The van der Waals surface area contributed by atoms with Crippen LogP contribution < -0.4 is 10.6 Å². The van der Waals surface area contributed by atoms with Crippen LogP contribution in [0.25, 0.3) is 0 Å². The highest BCUT2D eigenvalue weighted by molar-refractivity contribution is 5.73. The summed E-state index contributed by atoms with van der Waals surface area (Å²) in [5, 5.41) is 26.6. The molecule has 0 aliphatic rings. The first-order valence-corrected chi connectivity index (χ1v) is 14.7. The zero-order valence-corrected chi connectivity index (χ0v) is 23.8. The monoisotopic (exact) mass is 517 g/mol. The Bertz CT molecular complexity index is 436. The van der Waals surface area contributed by atoms with Crippen molar-refractivity contribution in [2.45, 2.75) is 110 Å². The van der Waals surface area contributed by atoms with Crippen LogP contribution in [0.4, 0.5) is 0 Å². The third-order valence-corrected chi connectivity index (χ3v) is 6.25. The number of aliphatic hydroxyl groups excluding tert-OH is 2. The third-order valence-electron chi connectivity index (χ3n) is 6.25. The Balaban J connectivity index is 3.66. The van der Waals surface area contributed by atoms with Crippen LogP contribution in [-0.4, -0.2) is 98.9 Å². The average Bonchev–Trinajstić information content (AvgIpc) is 2.86. The summed E-state index contributed by atoms with van der Waals surface area (Å²) in [6.45, 7) is 11.0. The Morgan fingerprint density at radius 2 is 1.08 bits per heavy atom. The molecule has 2 unspecified atom stereocenters. The van der Waals surface area contributed by atoms with Crippen molar-refractivity contribution in [3.05, 3.63) is 0 Å². The quantitative estimate of drug-likeness (QED) is 0.118. The van der Waals surface area contributed by atoms with Crippen molar-refractivity contribution in [1.82, 2.24) is 15.5 Å². The van der Waals surface area contributed by atoms with E-state index in [-0.39, 0.29) is 19.1 Å². The molecule has 0 rings (SSSR count). The Morgan fingerprint density at radius 1 is 0.694 bits per heavy atom. The Morgan fingerprint density at radius 3 is 1.47 bits per heavy atom. The Labute approximate surface area is 221 Å². The van der Waals surface area contributed by atoms with E-state index in [0.717, 1.165) is 25.9 Å². The maximum absolute atomic E-state index is 11.9. The summed E-state index contributed by atoms with van der Waals surface area (Å²) >= 11 is 0. The Kier molecular flexibility index (Phi) is 26.7. The van der Waals surface area contributed by atoms with Crippen molar-refractivity contribution in [1.29, 1.82) is 0 Å². The number of unbranched alkanes of at least 4 members (excludes halogenated alkanes) is 10. The summed E-state index contributed by atoms with van der Waals surface area (Å²) in [7, 11) is 0. The molecule has 4 N–H and O–H groups in total. The molecule has 1 amide bonds. The molecule has 0 aromatic carbocycles. The van der Waals surface area contributed by atoms with Crippen LogP contribution >= 0.6 is 0 Å². The van der Waals surface area contributed by atoms with Crippen molar-refractivity contribution in [3.8, 4) is 0 Å². The summed E-state index contributed by atoms with van der Waals surface area (Å²) in [6, 6.07) is 0. The van der Waals surface area contributed by atoms with Gasteiger partial charge >= 0.3 is 0 Å². The van der Waals surface area contributed by atoms with Gasteiger partial charge in [0.05, 0.1) is 38.6 Å². The molecule has 0 aliphatic carbocycles. The van der Waals surface area contributed by atoms with Crippen LogP contribution in [0.5, 0.6) is 0 Å². The van der Waals surface area contributed by atoms with Crippen molar-refractivity contribution in [2.75, 3.05) is 65.7 Å². The van der Waals surface area contributed by atoms with Crippen molar-refractivity contribution < 1.29 is 24.5 Å². The topological polar surface area (TPSA) is 103 Å². The molecule has 0 saturated carbocycles. The number of nitrogens with zero attached hydrogens (tertiary/aromatic N) is 1. The van der Waals surface area contributed by atoms with E-state index in [2.05, 4.69) is 24.5 Å². The fraction of sp³-hybridized carbons (Fsp3) is 0.964. The number of ether oxygens (including phenoxy) is 2. The summed E-state index contributed by atoms with van der Waals surface area (Å²) in [5.41, 5.74) is 0. The van der Waals surface area contributed by atoms with E-state index in [0.29, 0.717) is 39.4 Å². The largest absolute Gasteiger partial charge is 0.389 e. The maximum atomic E-state index is 11.9. The molecular formula is C28H59N3O5. The zero-order chi connectivity index (χ0) is 26.7. The lowest BCUT2D eigenvalue weighted by molar-refractivity contribution is -0.130. The fourth-order valence-corrected chi connectivity index (χ4v) is 3.93. The van der Waals surface area contributed by atoms with Gasteiger partial charge in [-0.15, -0.1) is 0 Å². The van der Waals surface area contributed by atoms with E-state index < -0.39 is 12.2 Å². The number of hydrogen-bond donors (Lipinski definition) is 4. The minimum absolute atomic E-state index is 0.0375. The van der Waals surface area contributed by atoms with Gasteiger partial charge in [0.25, 0.3) is 0 Å². The van der Waals surface area contributed by atoms with Gasteiger partial charge in [-0.3, -0.25) is 4.79 Å². The predicted molar refractivity (Wildman–Crippen MR) is 148 cm³/mol. The van der Waals surface area contributed by atoms with Gasteiger partial charge in [-0.05, 0) is 25.9 Å². The smallest absolute Gasteiger partial charge is 0.219 e. The molecule has 36 heavy (non-hydrogen) atoms. The fourth-order valence-electron chi connectivity index (χ4n) is 3.93.